The topological polar surface area (TPSA) is 68.0 Å². The number of carbonyl (C=O) groups is 1. The van der Waals surface area contributed by atoms with Crippen molar-refractivity contribution < 1.29 is 23.0 Å². The van der Waals surface area contributed by atoms with E-state index in [4.69, 9.17) is 15.2 Å². The molecule has 0 aliphatic carbocycles. The average Bonchev–Trinajstić information content (AvgIpc) is 3.03. The van der Waals surface area contributed by atoms with Crippen LogP contribution in [0.3, 0.4) is 0 Å². The molecule has 2 bridgehead atoms. The summed E-state index contributed by atoms with van der Waals surface area (Å²) < 4.78 is 39.9. The van der Waals surface area contributed by atoms with Crippen LogP contribution in [-0.4, -0.2) is 50.6 Å². The molecule has 3 atom stereocenters. The van der Waals surface area contributed by atoms with Crippen molar-refractivity contribution in [3.05, 3.63) is 23.8 Å². The third-order valence-electron chi connectivity index (χ3n) is 4.95. The van der Waals surface area contributed by atoms with Gasteiger partial charge in [0.2, 0.25) is 0 Å². The highest BCUT2D eigenvalue weighted by Crippen LogP contribution is 2.39. The molecule has 8 heteroatoms. The van der Waals surface area contributed by atoms with Crippen LogP contribution in [0.1, 0.15) is 12.8 Å². The number of nitrogens with two attached hydrogens (primary N) is 1. The van der Waals surface area contributed by atoms with Crippen molar-refractivity contribution in [3.8, 4) is 0 Å². The molecule has 3 heterocycles. The lowest BCUT2D eigenvalue weighted by Gasteiger charge is -2.37. The minimum absolute atomic E-state index is 0.00280. The zero-order chi connectivity index (χ0) is 16.8. The minimum Gasteiger partial charge on any atom is -0.443 e. The lowest BCUT2D eigenvalue weighted by molar-refractivity contribution is 0.0898. The molecular formula is C16H19F2N3O3. The molecule has 0 spiro atoms. The number of nitrogens with zero attached hydrogens (tertiary/aromatic N) is 2. The summed E-state index contributed by atoms with van der Waals surface area (Å²) in [5, 5.41) is 0. The van der Waals surface area contributed by atoms with Crippen LogP contribution < -0.4 is 15.5 Å². The van der Waals surface area contributed by atoms with E-state index in [9.17, 15) is 13.6 Å². The fourth-order valence-electron chi connectivity index (χ4n) is 3.80. The third kappa shape index (κ3) is 2.41. The molecule has 3 fully saturated rings. The Balaban J connectivity index is 1.66. The number of rotatable bonds is 3. The summed E-state index contributed by atoms with van der Waals surface area (Å²) in [5.74, 6) is -1.35. The molecule has 2 N–H and O–H groups in total. The second kappa shape index (κ2) is 5.86. The molecule has 24 heavy (non-hydrogen) atoms. The number of carbonyl (C=O) groups excluding carboxylic acids is 1. The highest BCUT2D eigenvalue weighted by Gasteiger charge is 2.40. The number of benzene rings is 1. The number of fused-ring (bicyclic) bond motifs is 2. The number of halogens is 2. The molecule has 3 aliphatic heterocycles. The number of anilines is 2. The van der Waals surface area contributed by atoms with Crippen LogP contribution in [0.25, 0.3) is 0 Å². The first-order valence-electron chi connectivity index (χ1n) is 8.12. The first kappa shape index (κ1) is 15.6. The molecule has 2 unspecified atom stereocenters. The van der Waals surface area contributed by atoms with Crippen LogP contribution in [0.4, 0.5) is 25.0 Å². The first-order valence-corrected chi connectivity index (χ1v) is 8.12. The van der Waals surface area contributed by atoms with Crippen molar-refractivity contribution in [1.82, 2.24) is 0 Å². The molecule has 130 valence electrons. The molecule has 3 aliphatic rings. The Hall–Kier alpha value is -1.93. The summed E-state index contributed by atoms with van der Waals surface area (Å²) in [6.07, 6.45) is 0.631. The molecule has 1 amide bonds. The number of morpholine rings is 1. The summed E-state index contributed by atoms with van der Waals surface area (Å²) in [4.78, 5) is 14.8. The van der Waals surface area contributed by atoms with Gasteiger partial charge in [0.1, 0.15) is 11.8 Å². The van der Waals surface area contributed by atoms with Gasteiger partial charge in [0.05, 0.1) is 37.5 Å². The minimum atomic E-state index is -0.673. The van der Waals surface area contributed by atoms with Gasteiger partial charge in [-0.1, -0.05) is 0 Å². The molecule has 6 nitrogen and oxygen atoms in total. The summed E-state index contributed by atoms with van der Waals surface area (Å²) in [6, 6.07) is 2.37. The van der Waals surface area contributed by atoms with Gasteiger partial charge in [-0.25, -0.2) is 13.6 Å². The zero-order valence-electron chi connectivity index (χ0n) is 13.1. The van der Waals surface area contributed by atoms with Gasteiger partial charge in [-0.15, -0.1) is 0 Å². The van der Waals surface area contributed by atoms with E-state index < -0.39 is 23.8 Å². The normalized spacial score (nSPS) is 29.3. The Morgan fingerprint density at radius 2 is 1.79 bits per heavy atom. The molecule has 0 saturated carbocycles. The maximum Gasteiger partial charge on any atom is 0.414 e. The van der Waals surface area contributed by atoms with Crippen molar-refractivity contribution in [1.29, 1.82) is 0 Å². The highest BCUT2D eigenvalue weighted by molar-refractivity contribution is 5.90. The molecule has 0 aromatic heterocycles. The van der Waals surface area contributed by atoms with Crippen LogP contribution in [0.2, 0.25) is 0 Å². The van der Waals surface area contributed by atoms with E-state index in [-0.39, 0.29) is 36.5 Å². The van der Waals surface area contributed by atoms with E-state index in [0.29, 0.717) is 13.2 Å². The Bertz CT molecular complexity index is 633. The lowest BCUT2D eigenvalue weighted by atomic mass is 10.1. The van der Waals surface area contributed by atoms with E-state index in [1.807, 2.05) is 0 Å². The van der Waals surface area contributed by atoms with Crippen LogP contribution in [0.5, 0.6) is 0 Å². The lowest BCUT2D eigenvalue weighted by Crippen LogP contribution is -2.46. The van der Waals surface area contributed by atoms with Gasteiger partial charge in [-0.2, -0.15) is 0 Å². The number of hydrogen-bond donors (Lipinski definition) is 1. The van der Waals surface area contributed by atoms with Crippen molar-refractivity contribution >= 4 is 17.5 Å². The number of cyclic esters (lactones) is 1. The zero-order valence-corrected chi connectivity index (χ0v) is 13.1. The first-order chi connectivity index (χ1) is 11.6. The summed E-state index contributed by atoms with van der Waals surface area (Å²) in [6.45, 7) is 1.32. The van der Waals surface area contributed by atoms with E-state index in [1.54, 1.807) is 4.90 Å². The fraction of sp³-hybridized carbons (Fsp3) is 0.562. The molecular weight excluding hydrogens is 320 g/mol. The predicted octanol–water partition coefficient (Wildman–Crippen LogP) is 1.62. The molecule has 4 rings (SSSR count). The van der Waals surface area contributed by atoms with Crippen LogP contribution >= 0.6 is 0 Å². The van der Waals surface area contributed by atoms with Gasteiger partial charge in [-0.3, -0.25) is 4.90 Å². The average molecular weight is 339 g/mol. The van der Waals surface area contributed by atoms with Crippen LogP contribution in [-0.2, 0) is 9.47 Å². The van der Waals surface area contributed by atoms with Crippen molar-refractivity contribution in [3.63, 3.8) is 0 Å². The summed E-state index contributed by atoms with van der Waals surface area (Å²) in [7, 11) is 0. The van der Waals surface area contributed by atoms with Crippen LogP contribution in [0.15, 0.2) is 12.1 Å². The van der Waals surface area contributed by atoms with Gasteiger partial charge in [0, 0.05) is 18.7 Å². The van der Waals surface area contributed by atoms with Gasteiger partial charge in [-0.05, 0) is 12.8 Å². The number of hydrogen-bond acceptors (Lipinski definition) is 5. The second-order valence-electron chi connectivity index (χ2n) is 6.44. The van der Waals surface area contributed by atoms with Gasteiger partial charge >= 0.3 is 6.09 Å². The molecule has 3 saturated heterocycles. The smallest absolute Gasteiger partial charge is 0.414 e. The van der Waals surface area contributed by atoms with E-state index in [0.717, 1.165) is 12.8 Å². The number of amides is 1. The molecule has 1 aromatic rings. The Morgan fingerprint density at radius 1 is 1.17 bits per heavy atom. The second-order valence-corrected chi connectivity index (χ2v) is 6.44. The maximum atomic E-state index is 14.7. The van der Waals surface area contributed by atoms with Gasteiger partial charge in [0.25, 0.3) is 0 Å². The summed E-state index contributed by atoms with van der Waals surface area (Å²) in [5.41, 5.74) is 5.60. The van der Waals surface area contributed by atoms with Crippen molar-refractivity contribution in [2.75, 3.05) is 36.1 Å². The quantitative estimate of drug-likeness (QED) is 0.906. The van der Waals surface area contributed by atoms with E-state index in [1.165, 1.54) is 17.0 Å². The maximum absolute atomic E-state index is 14.7. The standard InChI is InChI=1S/C16H19F2N3O3/c17-13-3-11(20-6-12(5-19)24-16(20)22)4-14(18)15(13)21-9-1-2-10(21)8-23-7-9/h3-4,9-10,12H,1-2,5-8,19H2/t9?,10?,12-/m0/s1. The van der Waals surface area contributed by atoms with Gasteiger partial charge < -0.3 is 20.1 Å². The fourth-order valence-corrected chi connectivity index (χ4v) is 3.80. The third-order valence-corrected chi connectivity index (χ3v) is 4.95. The number of ether oxygens (including phenoxy) is 2. The Kier molecular flexibility index (Phi) is 3.80. The largest absolute Gasteiger partial charge is 0.443 e. The molecule has 1 aromatic carbocycles. The van der Waals surface area contributed by atoms with Gasteiger partial charge in [0.15, 0.2) is 11.6 Å². The summed E-state index contributed by atoms with van der Waals surface area (Å²) >= 11 is 0. The monoisotopic (exact) mass is 339 g/mol. The highest BCUT2D eigenvalue weighted by atomic mass is 19.1. The Morgan fingerprint density at radius 3 is 2.33 bits per heavy atom. The van der Waals surface area contributed by atoms with Crippen molar-refractivity contribution in [2.45, 2.75) is 31.0 Å². The Labute approximate surface area is 138 Å². The SMILES string of the molecule is NC[C@H]1CN(c2cc(F)c(N3C4CCC3COC4)c(F)c2)C(=O)O1. The van der Waals surface area contributed by atoms with Crippen LogP contribution in [0, 0.1) is 11.6 Å². The molecule has 0 radical (unpaired) electrons. The predicted molar refractivity (Wildman–Crippen MR) is 83.1 cm³/mol. The van der Waals surface area contributed by atoms with E-state index in [2.05, 4.69) is 0 Å². The van der Waals surface area contributed by atoms with E-state index >= 15 is 0 Å². The van der Waals surface area contributed by atoms with Crippen molar-refractivity contribution in [2.24, 2.45) is 5.73 Å².